The van der Waals surface area contributed by atoms with E-state index < -0.39 is 34.6 Å². The number of allylic oxidation sites excluding steroid dienone is 1. The van der Waals surface area contributed by atoms with Gasteiger partial charge in [0.1, 0.15) is 23.4 Å². The van der Waals surface area contributed by atoms with Crippen LogP contribution in [0.4, 0.5) is 5.69 Å². The molecular formula is C26H31N3O5. The van der Waals surface area contributed by atoms with Crippen LogP contribution in [-0.2, 0) is 19.8 Å². The van der Waals surface area contributed by atoms with Crippen LogP contribution in [-0.4, -0.2) is 58.1 Å². The van der Waals surface area contributed by atoms with Crippen LogP contribution in [0.3, 0.4) is 0 Å². The fourth-order valence-corrected chi connectivity index (χ4v) is 5.87. The summed E-state index contributed by atoms with van der Waals surface area (Å²) >= 11 is 0. The maximum absolute atomic E-state index is 13.8. The topological polar surface area (TPSA) is 108 Å². The van der Waals surface area contributed by atoms with Gasteiger partial charge in [-0.25, -0.2) is 0 Å². The van der Waals surface area contributed by atoms with Crippen LogP contribution in [0.5, 0.6) is 5.75 Å². The SMILES string of the molecule is C=CC(C)(C)[C@@]1(C[C@H]2NC(=O)[C@@H]3[C@H](O)CCN3C2=O)C(=O)Nc2c1ccc1c2C=CC(C)(C)O1. The number of anilines is 1. The lowest BCUT2D eigenvalue weighted by molar-refractivity contribution is -0.150. The van der Waals surface area contributed by atoms with E-state index in [1.807, 2.05) is 52.0 Å². The van der Waals surface area contributed by atoms with Crippen molar-refractivity contribution in [2.45, 2.75) is 69.7 Å². The maximum atomic E-state index is 13.8. The Morgan fingerprint density at radius 2 is 2.03 bits per heavy atom. The lowest BCUT2D eigenvalue weighted by Crippen LogP contribution is -2.65. The van der Waals surface area contributed by atoms with Crippen molar-refractivity contribution in [3.63, 3.8) is 0 Å². The standard InChI is InChI=1S/C26H31N3O5/c1-6-24(2,3)26(13-16-22(32)29-12-10-17(30)20(29)21(31)27-16)15-7-8-18-14(19(15)28-23(26)33)9-11-25(4,5)34-18/h6-9,11,16-17,20,30H,1,10,12-13H2,2-5H3,(H,27,31)(H,28,33)/t16-,17-,20+,26-/m1/s1. The molecule has 0 aliphatic carbocycles. The average molecular weight is 466 g/mol. The van der Waals surface area contributed by atoms with Crippen molar-refractivity contribution in [1.29, 1.82) is 0 Å². The van der Waals surface area contributed by atoms with Crippen molar-refractivity contribution in [3.8, 4) is 5.75 Å². The molecule has 4 aliphatic rings. The first-order chi connectivity index (χ1) is 15.9. The minimum atomic E-state index is -1.15. The zero-order valence-electron chi connectivity index (χ0n) is 20.0. The summed E-state index contributed by atoms with van der Waals surface area (Å²) in [4.78, 5) is 41.4. The molecule has 3 N–H and O–H groups in total. The van der Waals surface area contributed by atoms with Crippen molar-refractivity contribution in [2.24, 2.45) is 5.41 Å². The highest BCUT2D eigenvalue weighted by atomic mass is 16.5. The van der Waals surface area contributed by atoms with Gasteiger partial charge in [-0.1, -0.05) is 26.0 Å². The Balaban J connectivity index is 1.61. The molecule has 4 aliphatic heterocycles. The molecule has 5 rings (SSSR count). The fourth-order valence-electron chi connectivity index (χ4n) is 5.87. The highest BCUT2D eigenvalue weighted by Crippen LogP contribution is 2.55. The number of ether oxygens (including phenoxy) is 1. The summed E-state index contributed by atoms with van der Waals surface area (Å²) in [5.41, 5.74) is -0.168. The molecule has 0 unspecified atom stereocenters. The summed E-state index contributed by atoms with van der Waals surface area (Å²) in [5.74, 6) is -0.229. The van der Waals surface area contributed by atoms with Crippen molar-refractivity contribution < 1.29 is 24.2 Å². The lowest BCUT2D eigenvalue weighted by Gasteiger charge is -2.45. The number of aliphatic hydroxyl groups excluding tert-OH is 1. The molecule has 0 spiro atoms. The summed E-state index contributed by atoms with van der Waals surface area (Å²) in [5, 5.41) is 16.0. The van der Waals surface area contributed by atoms with Gasteiger partial charge in [-0.15, -0.1) is 6.58 Å². The summed E-state index contributed by atoms with van der Waals surface area (Å²) in [7, 11) is 0. The first-order valence-electron chi connectivity index (χ1n) is 11.7. The molecule has 4 atom stereocenters. The predicted octanol–water partition coefficient (Wildman–Crippen LogP) is 2.12. The van der Waals surface area contributed by atoms with Gasteiger partial charge in [-0.05, 0) is 50.5 Å². The summed E-state index contributed by atoms with van der Waals surface area (Å²) in [6.45, 7) is 12.1. The average Bonchev–Trinajstić information content (AvgIpc) is 3.29. The third-order valence-electron chi connectivity index (χ3n) is 7.97. The quantitative estimate of drug-likeness (QED) is 0.591. The zero-order valence-corrected chi connectivity index (χ0v) is 20.0. The number of carbonyl (C=O) groups is 3. The number of benzene rings is 1. The maximum Gasteiger partial charge on any atom is 0.246 e. The number of amides is 3. The molecule has 34 heavy (non-hydrogen) atoms. The Kier molecular flexibility index (Phi) is 4.79. The predicted molar refractivity (Wildman–Crippen MR) is 127 cm³/mol. The Morgan fingerprint density at radius 3 is 2.74 bits per heavy atom. The number of fused-ring (bicyclic) bond motifs is 4. The second-order valence-electron chi connectivity index (χ2n) is 10.8. The van der Waals surface area contributed by atoms with Crippen LogP contribution >= 0.6 is 0 Å². The molecule has 2 saturated heterocycles. The van der Waals surface area contributed by atoms with Crippen LogP contribution in [0.1, 0.15) is 51.7 Å². The zero-order chi connectivity index (χ0) is 24.6. The van der Waals surface area contributed by atoms with Crippen LogP contribution in [0.15, 0.2) is 30.9 Å². The normalized spacial score (nSPS) is 31.3. The van der Waals surface area contributed by atoms with E-state index in [-0.39, 0.29) is 24.1 Å². The Labute approximate surface area is 199 Å². The fraction of sp³-hybridized carbons (Fsp3) is 0.500. The minimum Gasteiger partial charge on any atom is -0.483 e. The summed E-state index contributed by atoms with van der Waals surface area (Å²) in [6, 6.07) is 1.98. The molecule has 8 nitrogen and oxygen atoms in total. The van der Waals surface area contributed by atoms with E-state index in [1.54, 1.807) is 6.08 Å². The number of aliphatic hydroxyl groups is 1. The van der Waals surface area contributed by atoms with Gasteiger partial charge < -0.3 is 25.4 Å². The molecule has 0 bridgehead atoms. The number of nitrogens with zero attached hydrogens (tertiary/aromatic N) is 1. The van der Waals surface area contributed by atoms with Crippen molar-refractivity contribution in [3.05, 3.63) is 42.0 Å². The molecule has 0 saturated carbocycles. The van der Waals surface area contributed by atoms with Gasteiger partial charge in [-0.3, -0.25) is 14.4 Å². The van der Waals surface area contributed by atoms with E-state index in [1.165, 1.54) is 4.90 Å². The smallest absolute Gasteiger partial charge is 0.246 e. The number of hydrogen-bond donors (Lipinski definition) is 3. The molecule has 8 heteroatoms. The first kappa shape index (κ1) is 22.7. The number of hydrogen-bond acceptors (Lipinski definition) is 5. The van der Waals surface area contributed by atoms with Gasteiger partial charge in [0.05, 0.1) is 17.2 Å². The summed E-state index contributed by atoms with van der Waals surface area (Å²) in [6.07, 6.45) is 5.19. The molecule has 2 fully saturated rings. The minimum absolute atomic E-state index is 0.0730. The molecule has 3 amide bonds. The van der Waals surface area contributed by atoms with Gasteiger partial charge in [0.15, 0.2) is 0 Å². The van der Waals surface area contributed by atoms with Gasteiger partial charge in [0.2, 0.25) is 17.7 Å². The highest BCUT2D eigenvalue weighted by Gasteiger charge is 2.59. The van der Waals surface area contributed by atoms with E-state index in [2.05, 4.69) is 17.2 Å². The number of piperazine rings is 1. The van der Waals surface area contributed by atoms with Gasteiger partial charge >= 0.3 is 0 Å². The Hall–Kier alpha value is -3.13. The van der Waals surface area contributed by atoms with Crippen LogP contribution in [0.2, 0.25) is 0 Å². The number of carbonyl (C=O) groups excluding carboxylic acids is 3. The van der Waals surface area contributed by atoms with Crippen molar-refractivity contribution in [1.82, 2.24) is 10.2 Å². The first-order valence-corrected chi connectivity index (χ1v) is 11.7. The Bertz CT molecular complexity index is 1150. The van der Waals surface area contributed by atoms with E-state index in [9.17, 15) is 19.5 Å². The van der Waals surface area contributed by atoms with Crippen molar-refractivity contribution >= 4 is 29.5 Å². The van der Waals surface area contributed by atoms with Gasteiger partial charge in [0, 0.05) is 17.5 Å². The lowest BCUT2D eigenvalue weighted by atomic mass is 9.59. The Morgan fingerprint density at radius 1 is 1.29 bits per heavy atom. The second-order valence-corrected chi connectivity index (χ2v) is 10.8. The highest BCUT2D eigenvalue weighted by molar-refractivity contribution is 6.10. The third kappa shape index (κ3) is 2.97. The summed E-state index contributed by atoms with van der Waals surface area (Å²) < 4.78 is 6.10. The van der Waals surface area contributed by atoms with Crippen LogP contribution in [0.25, 0.3) is 6.08 Å². The molecule has 0 aromatic heterocycles. The molecule has 4 heterocycles. The van der Waals surface area contributed by atoms with E-state index in [0.717, 1.165) is 11.1 Å². The van der Waals surface area contributed by atoms with Gasteiger partial charge in [0.25, 0.3) is 0 Å². The van der Waals surface area contributed by atoms with E-state index in [0.29, 0.717) is 24.4 Å². The van der Waals surface area contributed by atoms with E-state index >= 15 is 0 Å². The molecular weight excluding hydrogens is 434 g/mol. The van der Waals surface area contributed by atoms with Crippen LogP contribution < -0.4 is 15.4 Å². The molecule has 1 aromatic carbocycles. The van der Waals surface area contributed by atoms with Crippen molar-refractivity contribution in [2.75, 3.05) is 11.9 Å². The molecule has 1 aromatic rings. The number of nitrogens with one attached hydrogen (secondary N) is 2. The second kappa shape index (κ2) is 7.18. The molecule has 0 radical (unpaired) electrons. The van der Waals surface area contributed by atoms with Gasteiger partial charge in [-0.2, -0.15) is 0 Å². The molecule has 180 valence electrons. The largest absolute Gasteiger partial charge is 0.483 e. The number of rotatable bonds is 4. The third-order valence-corrected chi connectivity index (χ3v) is 7.97. The van der Waals surface area contributed by atoms with E-state index in [4.69, 9.17) is 4.74 Å². The monoisotopic (exact) mass is 465 g/mol. The van der Waals surface area contributed by atoms with Crippen LogP contribution in [0, 0.1) is 5.41 Å².